The summed E-state index contributed by atoms with van der Waals surface area (Å²) < 4.78 is 0. The molecule has 0 fully saturated rings. The first-order chi connectivity index (χ1) is 2.81. The minimum absolute atomic E-state index is 0.0189. The summed E-state index contributed by atoms with van der Waals surface area (Å²) in [5.41, 5.74) is 0. The molecule has 0 bridgehead atoms. The van der Waals surface area contributed by atoms with Crippen molar-refractivity contribution >= 4 is 24.2 Å². The van der Waals surface area contributed by atoms with Crippen LogP contribution in [0, 0.1) is 0 Å². The maximum Gasteiger partial charge on any atom is 0.0654 e. The van der Waals surface area contributed by atoms with E-state index in [0.29, 0.717) is 5.75 Å². The predicted molar refractivity (Wildman–Crippen MR) is 30.6 cm³/mol. The highest BCUT2D eigenvalue weighted by Gasteiger charge is 1.94. The zero-order chi connectivity index (χ0) is 4.99. The molecule has 0 rings (SSSR count). The van der Waals surface area contributed by atoms with Gasteiger partial charge < -0.3 is 5.11 Å². The Bertz CT molecular complexity index is 30.0. The van der Waals surface area contributed by atoms with Crippen LogP contribution in [0.5, 0.6) is 0 Å². The Labute approximate surface area is 47.7 Å². The smallest absolute Gasteiger partial charge is 0.0654 e. The summed E-state index contributed by atoms with van der Waals surface area (Å²) >= 11 is 9.13. The Morgan fingerprint density at radius 2 is 2.33 bits per heavy atom. The van der Waals surface area contributed by atoms with Gasteiger partial charge in [-0.25, -0.2) is 0 Å². The molecule has 0 aliphatic rings. The largest absolute Gasteiger partial charge is 0.395 e. The van der Waals surface area contributed by atoms with E-state index in [9.17, 15) is 0 Å². The van der Waals surface area contributed by atoms with Gasteiger partial charge in [-0.15, -0.1) is 11.6 Å². The van der Waals surface area contributed by atoms with Crippen molar-refractivity contribution in [2.45, 2.75) is 5.38 Å². The molecule has 0 spiro atoms. The first-order valence-electron chi connectivity index (χ1n) is 1.67. The summed E-state index contributed by atoms with van der Waals surface area (Å²) in [5, 5.41) is 7.98. The van der Waals surface area contributed by atoms with Crippen molar-refractivity contribution in [3.05, 3.63) is 0 Å². The standard InChI is InChI=1S/C3H7ClOS/c4-3(1-5)2-6/h3,5-6H,1-2H2. The van der Waals surface area contributed by atoms with Gasteiger partial charge in [0.15, 0.2) is 0 Å². The van der Waals surface area contributed by atoms with E-state index < -0.39 is 0 Å². The number of alkyl halides is 1. The third-order valence-electron chi connectivity index (χ3n) is 0.396. The molecule has 0 aliphatic heterocycles. The molecule has 1 N–H and O–H groups in total. The highest BCUT2D eigenvalue weighted by atomic mass is 35.5. The van der Waals surface area contributed by atoms with Crippen LogP contribution in [0.2, 0.25) is 0 Å². The minimum atomic E-state index is -0.173. The van der Waals surface area contributed by atoms with Gasteiger partial charge >= 0.3 is 0 Å². The lowest BCUT2D eigenvalue weighted by atomic mass is 10.5. The Morgan fingerprint density at radius 1 is 1.83 bits per heavy atom. The maximum atomic E-state index is 8.15. The predicted octanol–water partition coefficient (Wildman–Crippen LogP) is 0.516. The number of aliphatic hydroxyl groups is 1. The Morgan fingerprint density at radius 3 is 2.33 bits per heavy atom. The van der Waals surface area contributed by atoms with Gasteiger partial charge in [-0.2, -0.15) is 12.6 Å². The quantitative estimate of drug-likeness (QED) is 0.408. The molecule has 0 saturated carbocycles. The molecule has 3 heteroatoms. The number of rotatable bonds is 2. The summed E-state index contributed by atoms with van der Waals surface area (Å²) in [7, 11) is 0. The van der Waals surface area contributed by atoms with Crippen LogP contribution < -0.4 is 0 Å². The number of hydrogen-bond acceptors (Lipinski definition) is 2. The molecule has 0 heterocycles. The number of thiol groups is 1. The molecule has 1 atom stereocenters. The van der Waals surface area contributed by atoms with Crippen molar-refractivity contribution in [1.29, 1.82) is 0 Å². The fraction of sp³-hybridized carbons (Fsp3) is 1.00. The molecule has 0 radical (unpaired) electrons. The van der Waals surface area contributed by atoms with Crippen molar-refractivity contribution < 1.29 is 5.11 Å². The van der Waals surface area contributed by atoms with Gasteiger partial charge in [-0.3, -0.25) is 0 Å². The monoisotopic (exact) mass is 126 g/mol. The highest BCUT2D eigenvalue weighted by molar-refractivity contribution is 7.80. The molecule has 0 aromatic rings. The van der Waals surface area contributed by atoms with Crippen LogP contribution in [0.25, 0.3) is 0 Å². The van der Waals surface area contributed by atoms with Gasteiger partial charge in [0.25, 0.3) is 0 Å². The Balaban J connectivity index is 2.75. The first kappa shape index (κ1) is 6.60. The van der Waals surface area contributed by atoms with Gasteiger partial charge in [0.05, 0.1) is 12.0 Å². The van der Waals surface area contributed by atoms with Crippen LogP contribution >= 0.6 is 24.2 Å². The molecule has 0 amide bonds. The molecule has 6 heavy (non-hydrogen) atoms. The molecule has 1 unspecified atom stereocenters. The van der Waals surface area contributed by atoms with Crippen molar-refractivity contribution in [3.8, 4) is 0 Å². The number of aliphatic hydroxyl groups excluding tert-OH is 1. The van der Waals surface area contributed by atoms with Gasteiger partial charge in [0.2, 0.25) is 0 Å². The molecule has 38 valence electrons. The van der Waals surface area contributed by atoms with Crippen LogP contribution in [-0.2, 0) is 0 Å². The lowest BCUT2D eigenvalue weighted by molar-refractivity contribution is 0.299. The normalized spacial score (nSPS) is 14.5. The number of hydrogen-bond donors (Lipinski definition) is 2. The van der Waals surface area contributed by atoms with Crippen LogP contribution in [0.3, 0.4) is 0 Å². The van der Waals surface area contributed by atoms with E-state index in [2.05, 4.69) is 12.6 Å². The fourth-order valence-corrected chi connectivity index (χ4v) is 0.173. The topological polar surface area (TPSA) is 20.2 Å². The van der Waals surface area contributed by atoms with E-state index in [1.165, 1.54) is 0 Å². The second kappa shape index (κ2) is 3.78. The van der Waals surface area contributed by atoms with Crippen LogP contribution in [0.1, 0.15) is 0 Å². The van der Waals surface area contributed by atoms with E-state index in [0.717, 1.165) is 0 Å². The van der Waals surface area contributed by atoms with Gasteiger partial charge in [0.1, 0.15) is 0 Å². The zero-order valence-electron chi connectivity index (χ0n) is 3.26. The molecular weight excluding hydrogens is 120 g/mol. The van der Waals surface area contributed by atoms with Crippen LogP contribution in [0.4, 0.5) is 0 Å². The second-order valence-electron chi connectivity index (χ2n) is 0.962. The summed E-state index contributed by atoms with van der Waals surface area (Å²) in [4.78, 5) is 0. The van der Waals surface area contributed by atoms with Crippen molar-refractivity contribution in [2.75, 3.05) is 12.4 Å². The van der Waals surface area contributed by atoms with Gasteiger partial charge in [-0.1, -0.05) is 0 Å². The zero-order valence-corrected chi connectivity index (χ0v) is 4.91. The van der Waals surface area contributed by atoms with E-state index in [-0.39, 0.29) is 12.0 Å². The van der Waals surface area contributed by atoms with Gasteiger partial charge in [-0.05, 0) is 0 Å². The fourth-order valence-electron chi connectivity index (χ4n) is 0.0577. The third kappa shape index (κ3) is 2.82. The van der Waals surface area contributed by atoms with Crippen molar-refractivity contribution in [3.63, 3.8) is 0 Å². The minimum Gasteiger partial charge on any atom is -0.395 e. The molecule has 1 nitrogen and oxygen atoms in total. The molecule has 0 aromatic carbocycles. The lowest BCUT2D eigenvalue weighted by Crippen LogP contribution is -2.04. The van der Waals surface area contributed by atoms with Crippen molar-refractivity contribution in [2.24, 2.45) is 0 Å². The maximum absolute atomic E-state index is 8.15. The summed E-state index contributed by atoms with van der Waals surface area (Å²) in [6, 6.07) is 0. The van der Waals surface area contributed by atoms with E-state index in [1.54, 1.807) is 0 Å². The van der Waals surface area contributed by atoms with Crippen LogP contribution in [0.15, 0.2) is 0 Å². The lowest BCUT2D eigenvalue weighted by Gasteiger charge is -1.94. The number of halogens is 1. The Kier molecular flexibility index (Phi) is 4.16. The second-order valence-corrected chi connectivity index (χ2v) is 1.94. The van der Waals surface area contributed by atoms with E-state index >= 15 is 0 Å². The molecule has 0 aromatic heterocycles. The van der Waals surface area contributed by atoms with E-state index in [1.807, 2.05) is 0 Å². The molecule has 0 aliphatic carbocycles. The summed E-state index contributed by atoms with van der Waals surface area (Å²) in [6.07, 6.45) is 0. The van der Waals surface area contributed by atoms with Crippen molar-refractivity contribution in [1.82, 2.24) is 0 Å². The van der Waals surface area contributed by atoms with Gasteiger partial charge in [0, 0.05) is 5.75 Å². The first-order valence-corrected chi connectivity index (χ1v) is 2.74. The SMILES string of the molecule is OCC(Cl)CS. The summed E-state index contributed by atoms with van der Waals surface area (Å²) in [5.74, 6) is 0.540. The average Bonchev–Trinajstić information content (AvgIpc) is 1.65. The van der Waals surface area contributed by atoms with E-state index in [4.69, 9.17) is 16.7 Å². The highest BCUT2D eigenvalue weighted by Crippen LogP contribution is 1.93. The molecular formula is C3H7ClOS. The molecule has 0 saturated heterocycles. The third-order valence-corrected chi connectivity index (χ3v) is 1.34. The summed E-state index contributed by atoms with van der Waals surface area (Å²) in [6.45, 7) is 0.0189. The van der Waals surface area contributed by atoms with Crippen LogP contribution in [-0.4, -0.2) is 22.8 Å². The average molecular weight is 127 g/mol. The Hall–Kier alpha value is 0.600.